The Balaban J connectivity index is 2.02. The standard InChI is InChI=1S/C13H23N3O2/c1-11-9-16(10-13(2)5-4-7-18-13)12(15-11)14-6-8-17-3/h9H,4-8,10H2,1-3H3,(H,14,15). The van der Waals surface area contributed by atoms with Gasteiger partial charge in [-0.2, -0.15) is 0 Å². The molecule has 0 aliphatic carbocycles. The van der Waals surface area contributed by atoms with E-state index in [1.165, 1.54) is 0 Å². The first kappa shape index (κ1) is 13.4. The van der Waals surface area contributed by atoms with E-state index in [0.29, 0.717) is 6.61 Å². The van der Waals surface area contributed by atoms with Crippen LogP contribution < -0.4 is 5.32 Å². The van der Waals surface area contributed by atoms with Crippen LogP contribution in [0.2, 0.25) is 0 Å². The largest absolute Gasteiger partial charge is 0.383 e. The van der Waals surface area contributed by atoms with Gasteiger partial charge in [0.15, 0.2) is 0 Å². The van der Waals surface area contributed by atoms with E-state index in [4.69, 9.17) is 9.47 Å². The summed E-state index contributed by atoms with van der Waals surface area (Å²) >= 11 is 0. The Morgan fingerprint density at radius 3 is 3.11 bits per heavy atom. The Morgan fingerprint density at radius 2 is 2.44 bits per heavy atom. The van der Waals surface area contributed by atoms with Gasteiger partial charge in [-0.25, -0.2) is 4.98 Å². The summed E-state index contributed by atoms with van der Waals surface area (Å²) in [7, 11) is 1.70. The summed E-state index contributed by atoms with van der Waals surface area (Å²) in [5.74, 6) is 0.904. The minimum Gasteiger partial charge on any atom is -0.383 e. The van der Waals surface area contributed by atoms with Crippen molar-refractivity contribution >= 4 is 5.95 Å². The Labute approximate surface area is 108 Å². The summed E-state index contributed by atoms with van der Waals surface area (Å²) in [4.78, 5) is 4.50. The molecule has 1 fully saturated rings. The quantitative estimate of drug-likeness (QED) is 0.786. The van der Waals surface area contributed by atoms with E-state index in [1.807, 2.05) is 6.92 Å². The van der Waals surface area contributed by atoms with Gasteiger partial charge >= 0.3 is 0 Å². The van der Waals surface area contributed by atoms with Gasteiger partial charge in [-0.1, -0.05) is 0 Å². The molecule has 1 unspecified atom stereocenters. The fraction of sp³-hybridized carbons (Fsp3) is 0.769. The molecule has 1 atom stereocenters. The lowest BCUT2D eigenvalue weighted by atomic mass is 10.0. The molecule has 0 aromatic carbocycles. The van der Waals surface area contributed by atoms with Gasteiger partial charge in [-0.15, -0.1) is 0 Å². The summed E-state index contributed by atoms with van der Waals surface area (Å²) in [6, 6.07) is 0. The van der Waals surface area contributed by atoms with Crippen molar-refractivity contribution in [1.29, 1.82) is 0 Å². The molecule has 0 saturated carbocycles. The highest BCUT2D eigenvalue weighted by Crippen LogP contribution is 2.28. The van der Waals surface area contributed by atoms with Gasteiger partial charge in [0.25, 0.3) is 0 Å². The number of ether oxygens (including phenoxy) is 2. The summed E-state index contributed by atoms with van der Waals surface area (Å²) in [6.07, 6.45) is 4.33. The lowest BCUT2D eigenvalue weighted by Crippen LogP contribution is -2.30. The van der Waals surface area contributed by atoms with Gasteiger partial charge in [-0.05, 0) is 26.7 Å². The minimum absolute atomic E-state index is 0.0508. The Morgan fingerprint density at radius 1 is 1.61 bits per heavy atom. The van der Waals surface area contributed by atoms with Gasteiger partial charge < -0.3 is 19.4 Å². The monoisotopic (exact) mass is 253 g/mol. The van der Waals surface area contributed by atoms with Crippen LogP contribution in [0, 0.1) is 6.92 Å². The summed E-state index contributed by atoms with van der Waals surface area (Å²) < 4.78 is 13.0. The van der Waals surface area contributed by atoms with Crippen LogP contribution in [0.4, 0.5) is 5.95 Å². The van der Waals surface area contributed by atoms with Crippen LogP contribution in [0.15, 0.2) is 6.20 Å². The molecule has 2 heterocycles. The number of hydrogen-bond acceptors (Lipinski definition) is 4. The second kappa shape index (κ2) is 5.71. The fourth-order valence-corrected chi connectivity index (χ4v) is 2.40. The molecular formula is C13H23N3O2. The molecule has 1 aromatic heterocycles. The highest BCUT2D eigenvalue weighted by Gasteiger charge is 2.30. The third-order valence-corrected chi connectivity index (χ3v) is 3.29. The molecule has 18 heavy (non-hydrogen) atoms. The van der Waals surface area contributed by atoms with Gasteiger partial charge in [0.2, 0.25) is 5.95 Å². The number of anilines is 1. The molecule has 5 heteroatoms. The zero-order valence-corrected chi connectivity index (χ0v) is 11.5. The van der Waals surface area contributed by atoms with Crippen LogP contribution in [0.3, 0.4) is 0 Å². The molecule has 102 valence electrons. The smallest absolute Gasteiger partial charge is 0.203 e. The maximum Gasteiger partial charge on any atom is 0.203 e. The topological polar surface area (TPSA) is 48.3 Å². The summed E-state index contributed by atoms with van der Waals surface area (Å²) in [6.45, 7) is 7.36. The average molecular weight is 253 g/mol. The Hall–Kier alpha value is -1.07. The number of nitrogens with zero attached hydrogens (tertiary/aromatic N) is 2. The van der Waals surface area contributed by atoms with Crippen molar-refractivity contribution < 1.29 is 9.47 Å². The first-order chi connectivity index (χ1) is 8.63. The lowest BCUT2D eigenvalue weighted by Gasteiger charge is -2.24. The van der Waals surface area contributed by atoms with Gasteiger partial charge in [0, 0.05) is 26.5 Å². The van der Waals surface area contributed by atoms with E-state index >= 15 is 0 Å². The van der Waals surface area contributed by atoms with Crippen molar-refractivity contribution in [2.24, 2.45) is 0 Å². The number of hydrogen-bond donors (Lipinski definition) is 1. The molecule has 1 aliphatic heterocycles. The third-order valence-electron chi connectivity index (χ3n) is 3.29. The molecule has 0 bridgehead atoms. The lowest BCUT2D eigenvalue weighted by molar-refractivity contribution is 0.00662. The number of imidazole rings is 1. The highest BCUT2D eigenvalue weighted by atomic mass is 16.5. The second-order valence-electron chi connectivity index (χ2n) is 5.16. The number of nitrogens with one attached hydrogen (secondary N) is 1. The number of rotatable bonds is 6. The second-order valence-corrected chi connectivity index (χ2v) is 5.16. The first-order valence-electron chi connectivity index (χ1n) is 6.53. The van der Waals surface area contributed by atoms with E-state index in [0.717, 1.165) is 44.2 Å². The predicted molar refractivity (Wildman–Crippen MR) is 70.9 cm³/mol. The predicted octanol–water partition coefficient (Wildman–Crippen LogP) is 1.82. The zero-order chi connectivity index (χ0) is 13.0. The van der Waals surface area contributed by atoms with E-state index in [2.05, 4.69) is 28.0 Å². The van der Waals surface area contributed by atoms with Gasteiger partial charge in [0.1, 0.15) is 0 Å². The number of methoxy groups -OCH3 is 1. The van der Waals surface area contributed by atoms with Crippen LogP contribution in [0.25, 0.3) is 0 Å². The van der Waals surface area contributed by atoms with Gasteiger partial charge in [0.05, 0.1) is 24.4 Å². The van der Waals surface area contributed by atoms with E-state index in [-0.39, 0.29) is 5.60 Å². The molecule has 0 spiro atoms. The van der Waals surface area contributed by atoms with Crippen molar-refractivity contribution in [1.82, 2.24) is 9.55 Å². The van der Waals surface area contributed by atoms with Crippen molar-refractivity contribution in [3.8, 4) is 0 Å². The maximum atomic E-state index is 5.83. The van der Waals surface area contributed by atoms with Crippen molar-refractivity contribution in [2.75, 3.05) is 32.2 Å². The van der Waals surface area contributed by atoms with Crippen LogP contribution in [0.1, 0.15) is 25.5 Å². The van der Waals surface area contributed by atoms with E-state index in [9.17, 15) is 0 Å². The van der Waals surface area contributed by atoms with E-state index in [1.54, 1.807) is 7.11 Å². The minimum atomic E-state index is -0.0508. The van der Waals surface area contributed by atoms with Crippen molar-refractivity contribution in [3.63, 3.8) is 0 Å². The van der Waals surface area contributed by atoms with Gasteiger partial charge in [-0.3, -0.25) is 0 Å². The molecular weight excluding hydrogens is 230 g/mol. The normalized spacial score (nSPS) is 23.5. The SMILES string of the molecule is COCCNc1nc(C)cn1CC1(C)CCCO1. The number of aromatic nitrogens is 2. The molecule has 1 aromatic rings. The average Bonchev–Trinajstić information content (AvgIpc) is 2.87. The number of aryl methyl sites for hydroxylation is 1. The molecule has 1 aliphatic rings. The molecule has 0 radical (unpaired) electrons. The molecule has 5 nitrogen and oxygen atoms in total. The van der Waals surface area contributed by atoms with Crippen LogP contribution in [-0.2, 0) is 16.0 Å². The summed E-state index contributed by atoms with van der Waals surface area (Å²) in [5.41, 5.74) is 0.974. The highest BCUT2D eigenvalue weighted by molar-refractivity contribution is 5.29. The fourth-order valence-electron chi connectivity index (χ4n) is 2.40. The van der Waals surface area contributed by atoms with Crippen LogP contribution >= 0.6 is 0 Å². The van der Waals surface area contributed by atoms with Crippen LogP contribution in [0.5, 0.6) is 0 Å². The van der Waals surface area contributed by atoms with Crippen LogP contribution in [-0.4, -0.2) is 42.0 Å². The van der Waals surface area contributed by atoms with E-state index < -0.39 is 0 Å². The molecule has 2 rings (SSSR count). The van der Waals surface area contributed by atoms with Crippen molar-refractivity contribution in [3.05, 3.63) is 11.9 Å². The Bertz CT molecular complexity index is 384. The molecule has 0 amide bonds. The first-order valence-corrected chi connectivity index (χ1v) is 6.53. The summed E-state index contributed by atoms with van der Waals surface area (Å²) in [5, 5.41) is 3.30. The third kappa shape index (κ3) is 3.23. The zero-order valence-electron chi connectivity index (χ0n) is 11.5. The maximum absolute atomic E-state index is 5.83. The molecule has 1 N–H and O–H groups in total. The van der Waals surface area contributed by atoms with Crippen molar-refractivity contribution in [2.45, 2.75) is 38.8 Å². The molecule has 1 saturated heterocycles. The Kier molecular flexibility index (Phi) is 4.24.